The van der Waals surface area contributed by atoms with Gasteiger partial charge in [-0.3, -0.25) is 19.4 Å². The second kappa shape index (κ2) is 10.8. The van der Waals surface area contributed by atoms with Gasteiger partial charge in [-0.25, -0.2) is 9.78 Å². The lowest BCUT2D eigenvalue weighted by atomic mass is 10.1. The Labute approximate surface area is 200 Å². The molecule has 1 atom stereocenters. The van der Waals surface area contributed by atoms with Gasteiger partial charge in [0.15, 0.2) is 0 Å². The molecule has 7 N–H and O–H groups in total. The predicted molar refractivity (Wildman–Crippen MR) is 130 cm³/mol. The Morgan fingerprint density at radius 2 is 1.91 bits per heavy atom. The van der Waals surface area contributed by atoms with E-state index in [0.717, 1.165) is 5.56 Å². The minimum atomic E-state index is -1.26. The summed E-state index contributed by atoms with van der Waals surface area (Å²) in [5, 5.41) is 12.1. The molecule has 0 aliphatic rings. The van der Waals surface area contributed by atoms with Gasteiger partial charge in [-0.15, -0.1) is 6.42 Å². The van der Waals surface area contributed by atoms with Crippen LogP contribution in [-0.4, -0.2) is 45.4 Å². The molecule has 35 heavy (non-hydrogen) atoms. The number of terminal acetylenes is 1. The summed E-state index contributed by atoms with van der Waals surface area (Å²) in [6.07, 6.45) is 5.26. The van der Waals surface area contributed by atoms with Crippen molar-refractivity contribution in [1.82, 2.24) is 15.3 Å². The van der Waals surface area contributed by atoms with E-state index in [9.17, 15) is 24.3 Å². The summed E-state index contributed by atoms with van der Waals surface area (Å²) in [7, 11) is 0. The van der Waals surface area contributed by atoms with Crippen LogP contribution in [0.1, 0.15) is 28.8 Å². The molecule has 3 rings (SSSR count). The van der Waals surface area contributed by atoms with E-state index in [1.54, 1.807) is 36.4 Å². The molecule has 0 spiro atoms. The van der Waals surface area contributed by atoms with Gasteiger partial charge in [-0.05, 0) is 48.4 Å². The fourth-order valence-corrected chi connectivity index (χ4v) is 3.48. The van der Waals surface area contributed by atoms with Gasteiger partial charge < -0.3 is 26.8 Å². The summed E-state index contributed by atoms with van der Waals surface area (Å²) < 4.78 is 0. The molecule has 11 nitrogen and oxygen atoms in total. The number of aromatic nitrogens is 2. The number of nitrogens with zero attached hydrogens (tertiary/aromatic N) is 2. The molecule has 11 heteroatoms. The fraction of sp³-hybridized carbons (Fsp3) is 0.208. The lowest BCUT2D eigenvalue weighted by Crippen LogP contribution is -2.41. The quantitative estimate of drug-likeness (QED) is 0.263. The zero-order chi connectivity index (χ0) is 25.5. The van der Waals surface area contributed by atoms with Crippen LogP contribution >= 0.6 is 0 Å². The molecule has 0 aliphatic heterocycles. The number of rotatable bonds is 10. The summed E-state index contributed by atoms with van der Waals surface area (Å²) in [5.74, 6) is 0.113. The Bertz CT molecular complexity index is 1360. The van der Waals surface area contributed by atoms with Gasteiger partial charge in [0.05, 0.1) is 17.4 Å². The van der Waals surface area contributed by atoms with Crippen molar-refractivity contribution < 1.29 is 19.5 Å². The number of aromatic amines is 1. The number of hydrogen-bond acceptors (Lipinski definition) is 7. The second-order valence-corrected chi connectivity index (χ2v) is 7.78. The maximum Gasteiger partial charge on any atom is 0.326 e. The number of aliphatic carboxylic acids is 1. The highest BCUT2D eigenvalue weighted by molar-refractivity contribution is 5.97. The van der Waals surface area contributed by atoms with Gasteiger partial charge >= 0.3 is 5.97 Å². The molecule has 3 aromatic rings. The van der Waals surface area contributed by atoms with Crippen molar-refractivity contribution in [2.75, 3.05) is 17.2 Å². The first-order chi connectivity index (χ1) is 16.7. The van der Waals surface area contributed by atoms with Gasteiger partial charge in [0.25, 0.3) is 11.5 Å². The molecule has 0 unspecified atom stereocenters. The minimum absolute atomic E-state index is 0.0379. The average Bonchev–Trinajstić information content (AvgIpc) is 2.81. The highest BCUT2D eigenvalue weighted by atomic mass is 16.4. The molecule has 0 radical (unpaired) electrons. The predicted octanol–water partition coefficient (Wildman–Crippen LogP) is 0.594. The monoisotopic (exact) mass is 476 g/mol. The standard InChI is InChI=1S/C24H24N6O5/c1-2-11-30(13-14-3-8-18-17(12-14)22(33)29-24(26)28-18)16-6-4-15(5-7-16)21(32)27-19(23(34)35)9-10-20(25)31/h1,3-8,12,19H,9-11,13H2,(H2,25,31)(H,27,32)(H,34,35)(H3,26,28,29,33)/t19-/m0/s1. The van der Waals surface area contributed by atoms with E-state index in [1.807, 2.05) is 11.0 Å². The first-order valence-corrected chi connectivity index (χ1v) is 10.6. The number of carbonyl (C=O) groups is 3. The third kappa shape index (κ3) is 6.35. The van der Waals surface area contributed by atoms with E-state index in [2.05, 4.69) is 21.2 Å². The van der Waals surface area contributed by atoms with Crippen LogP contribution in [0, 0.1) is 12.3 Å². The van der Waals surface area contributed by atoms with Crippen LogP contribution in [0.4, 0.5) is 11.6 Å². The Balaban J connectivity index is 1.76. The van der Waals surface area contributed by atoms with Gasteiger partial charge in [0.2, 0.25) is 11.9 Å². The van der Waals surface area contributed by atoms with Gasteiger partial charge in [0.1, 0.15) is 6.04 Å². The number of amides is 2. The van der Waals surface area contributed by atoms with Crippen LogP contribution in [-0.2, 0) is 16.1 Å². The maximum atomic E-state index is 12.5. The summed E-state index contributed by atoms with van der Waals surface area (Å²) >= 11 is 0. The lowest BCUT2D eigenvalue weighted by molar-refractivity contribution is -0.139. The van der Waals surface area contributed by atoms with Crippen LogP contribution in [0.15, 0.2) is 47.3 Å². The first-order valence-electron chi connectivity index (χ1n) is 10.6. The van der Waals surface area contributed by atoms with Crippen molar-refractivity contribution in [2.45, 2.75) is 25.4 Å². The van der Waals surface area contributed by atoms with Gasteiger partial charge in [-0.2, -0.15) is 0 Å². The topological polar surface area (TPSA) is 184 Å². The number of primary amides is 1. The number of nitrogens with one attached hydrogen (secondary N) is 2. The Kier molecular flexibility index (Phi) is 7.68. The summed E-state index contributed by atoms with van der Waals surface area (Å²) in [5.41, 5.74) is 12.5. The number of fused-ring (bicyclic) bond motifs is 1. The molecular weight excluding hydrogens is 452 g/mol. The van der Waals surface area contributed by atoms with E-state index < -0.39 is 23.8 Å². The van der Waals surface area contributed by atoms with Crippen molar-refractivity contribution >= 4 is 40.3 Å². The molecule has 0 bridgehead atoms. The summed E-state index contributed by atoms with van der Waals surface area (Å²) in [6.45, 7) is 0.637. The number of nitrogen functional groups attached to an aromatic ring is 1. The van der Waals surface area contributed by atoms with Gasteiger partial charge in [0, 0.05) is 24.2 Å². The number of H-pyrrole nitrogens is 1. The molecule has 0 saturated carbocycles. The van der Waals surface area contributed by atoms with E-state index in [0.29, 0.717) is 23.1 Å². The fourth-order valence-electron chi connectivity index (χ4n) is 3.48. The zero-order valence-corrected chi connectivity index (χ0v) is 18.7. The zero-order valence-electron chi connectivity index (χ0n) is 18.7. The van der Waals surface area contributed by atoms with Crippen LogP contribution in [0.2, 0.25) is 0 Å². The largest absolute Gasteiger partial charge is 0.480 e. The highest BCUT2D eigenvalue weighted by Crippen LogP contribution is 2.20. The number of carbonyl (C=O) groups excluding carboxylic acids is 2. The number of carboxylic acids is 1. The summed E-state index contributed by atoms with van der Waals surface area (Å²) in [4.78, 5) is 55.5. The number of nitrogens with two attached hydrogens (primary N) is 2. The van der Waals surface area contributed by atoms with Crippen molar-refractivity contribution in [1.29, 1.82) is 0 Å². The van der Waals surface area contributed by atoms with Crippen LogP contribution in [0.5, 0.6) is 0 Å². The van der Waals surface area contributed by atoms with Crippen LogP contribution in [0.25, 0.3) is 10.9 Å². The summed E-state index contributed by atoms with van der Waals surface area (Å²) in [6, 6.07) is 10.4. The number of carboxylic acid groups (broad SMARTS) is 1. The van der Waals surface area contributed by atoms with Crippen molar-refractivity contribution in [3.63, 3.8) is 0 Å². The molecule has 2 aromatic carbocycles. The SMILES string of the molecule is C#CCN(Cc1ccc2nc(N)[nH]c(=O)c2c1)c1ccc(C(=O)N[C@@H](CCC(N)=O)C(=O)O)cc1. The Hall–Kier alpha value is -4.85. The van der Waals surface area contributed by atoms with Gasteiger partial charge in [-0.1, -0.05) is 12.0 Å². The molecule has 1 aromatic heterocycles. The molecule has 180 valence electrons. The lowest BCUT2D eigenvalue weighted by Gasteiger charge is -2.23. The molecular formula is C24H24N6O5. The average molecular weight is 476 g/mol. The maximum absolute atomic E-state index is 12.5. The Morgan fingerprint density at radius 3 is 2.54 bits per heavy atom. The smallest absolute Gasteiger partial charge is 0.326 e. The third-order valence-corrected chi connectivity index (χ3v) is 5.22. The molecule has 0 aliphatic carbocycles. The van der Waals surface area contributed by atoms with Crippen molar-refractivity contribution in [3.8, 4) is 12.3 Å². The van der Waals surface area contributed by atoms with Crippen LogP contribution < -0.4 is 27.2 Å². The molecule has 0 fully saturated rings. The molecule has 0 saturated heterocycles. The minimum Gasteiger partial charge on any atom is -0.480 e. The third-order valence-electron chi connectivity index (χ3n) is 5.22. The first kappa shape index (κ1) is 24.8. The Morgan fingerprint density at radius 1 is 1.20 bits per heavy atom. The van der Waals surface area contributed by atoms with Crippen molar-refractivity contribution in [3.05, 3.63) is 63.9 Å². The number of benzene rings is 2. The number of anilines is 2. The number of hydrogen-bond donors (Lipinski definition) is 5. The second-order valence-electron chi connectivity index (χ2n) is 7.78. The van der Waals surface area contributed by atoms with E-state index >= 15 is 0 Å². The normalized spacial score (nSPS) is 11.4. The highest BCUT2D eigenvalue weighted by Gasteiger charge is 2.21. The van der Waals surface area contributed by atoms with Crippen LogP contribution in [0.3, 0.4) is 0 Å². The molecule has 1 heterocycles. The van der Waals surface area contributed by atoms with E-state index in [4.69, 9.17) is 17.9 Å². The van der Waals surface area contributed by atoms with Crippen molar-refractivity contribution in [2.24, 2.45) is 5.73 Å². The van der Waals surface area contributed by atoms with E-state index in [-0.39, 0.29) is 36.5 Å². The van der Waals surface area contributed by atoms with E-state index in [1.165, 1.54) is 0 Å². The molecule has 2 amide bonds.